The predicted octanol–water partition coefficient (Wildman–Crippen LogP) is 0.0758. The third-order valence-corrected chi connectivity index (χ3v) is 2.43. The number of carbonyl (C=O) groups excluding carboxylic acids is 1. The summed E-state index contributed by atoms with van der Waals surface area (Å²) in [5.41, 5.74) is 5.10. The number of nitrogens with two attached hydrogens (primary N) is 1. The highest BCUT2D eigenvalue weighted by atomic mass is 79.9. The monoisotopic (exact) mass is 287 g/mol. The van der Waals surface area contributed by atoms with E-state index in [1.54, 1.807) is 12.3 Å². The van der Waals surface area contributed by atoms with Gasteiger partial charge in [-0.15, -0.1) is 0 Å². The van der Waals surface area contributed by atoms with Crippen LogP contribution in [0.4, 0.5) is 0 Å². The molecule has 0 saturated heterocycles. The molecule has 0 radical (unpaired) electrons. The van der Waals surface area contributed by atoms with E-state index in [4.69, 9.17) is 5.73 Å². The Kier molecular flexibility index (Phi) is 5.21. The van der Waals surface area contributed by atoms with Gasteiger partial charge in [0.2, 0.25) is 5.91 Å². The van der Waals surface area contributed by atoms with Gasteiger partial charge in [-0.3, -0.25) is 9.59 Å². The van der Waals surface area contributed by atoms with Crippen molar-refractivity contribution in [3.8, 4) is 0 Å². The Balaban J connectivity index is 2.56. The quantitative estimate of drug-likeness (QED) is 0.753. The zero-order valence-corrected chi connectivity index (χ0v) is 10.4. The van der Waals surface area contributed by atoms with Crippen LogP contribution in [-0.4, -0.2) is 23.6 Å². The van der Waals surface area contributed by atoms with E-state index in [2.05, 4.69) is 21.2 Å². The highest BCUT2D eigenvalue weighted by molar-refractivity contribution is 9.10. The van der Waals surface area contributed by atoms with Crippen LogP contribution in [0.1, 0.15) is 6.42 Å². The molecule has 1 aromatic rings. The van der Waals surface area contributed by atoms with Gasteiger partial charge in [0.15, 0.2) is 0 Å². The number of nitrogens with zero attached hydrogens (tertiary/aromatic N) is 1. The molecule has 1 aromatic heterocycles. The first-order valence-electron chi connectivity index (χ1n) is 4.96. The maximum Gasteiger partial charge on any atom is 0.251 e. The van der Waals surface area contributed by atoms with Crippen LogP contribution in [0.3, 0.4) is 0 Å². The number of hydrogen-bond acceptors (Lipinski definition) is 3. The van der Waals surface area contributed by atoms with E-state index in [0.29, 0.717) is 13.1 Å². The second-order valence-corrected chi connectivity index (χ2v) is 4.22. The molecular weight excluding hydrogens is 274 g/mol. The molecule has 0 spiro atoms. The highest BCUT2D eigenvalue weighted by Crippen LogP contribution is 2.04. The van der Waals surface area contributed by atoms with Gasteiger partial charge in [0.05, 0.1) is 0 Å². The molecule has 3 N–H and O–H groups in total. The van der Waals surface area contributed by atoms with Gasteiger partial charge in [0, 0.05) is 23.3 Å². The molecular formula is C10H14BrN3O2. The van der Waals surface area contributed by atoms with Crippen molar-refractivity contribution < 1.29 is 4.79 Å². The fourth-order valence-corrected chi connectivity index (χ4v) is 1.55. The molecule has 0 fully saturated rings. The van der Waals surface area contributed by atoms with Gasteiger partial charge >= 0.3 is 0 Å². The Morgan fingerprint density at radius 3 is 2.94 bits per heavy atom. The van der Waals surface area contributed by atoms with Crippen molar-refractivity contribution in [1.82, 2.24) is 9.88 Å². The molecule has 0 unspecified atom stereocenters. The van der Waals surface area contributed by atoms with Crippen LogP contribution in [-0.2, 0) is 11.3 Å². The number of nitrogens with one attached hydrogen (secondary N) is 1. The van der Waals surface area contributed by atoms with Crippen LogP contribution >= 0.6 is 15.9 Å². The Hall–Kier alpha value is -1.14. The van der Waals surface area contributed by atoms with Crippen LogP contribution in [0.25, 0.3) is 0 Å². The van der Waals surface area contributed by atoms with Crippen LogP contribution in [0.15, 0.2) is 27.6 Å². The Morgan fingerprint density at radius 1 is 1.50 bits per heavy atom. The van der Waals surface area contributed by atoms with E-state index in [0.717, 1.165) is 10.9 Å². The van der Waals surface area contributed by atoms with E-state index in [-0.39, 0.29) is 18.0 Å². The lowest BCUT2D eigenvalue weighted by molar-refractivity contribution is -0.121. The Bertz CT molecular complexity index is 417. The molecule has 88 valence electrons. The summed E-state index contributed by atoms with van der Waals surface area (Å²) >= 11 is 3.24. The molecule has 0 aliphatic heterocycles. The largest absolute Gasteiger partial charge is 0.355 e. The number of carbonyl (C=O) groups is 1. The number of pyridine rings is 1. The summed E-state index contributed by atoms with van der Waals surface area (Å²) in [7, 11) is 0. The summed E-state index contributed by atoms with van der Waals surface area (Å²) in [5, 5.41) is 2.68. The number of aromatic nitrogens is 1. The second kappa shape index (κ2) is 6.44. The second-order valence-electron chi connectivity index (χ2n) is 3.31. The Labute approximate surface area is 102 Å². The average Bonchev–Trinajstić information content (AvgIpc) is 2.24. The van der Waals surface area contributed by atoms with Gasteiger partial charge in [0.1, 0.15) is 6.54 Å². The molecule has 0 atom stereocenters. The lowest BCUT2D eigenvalue weighted by Gasteiger charge is -2.06. The van der Waals surface area contributed by atoms with Crippen molar-refractivity contribution in [2.45, 2.75) is 13.0 Å². The van der Waals surface area contributed by atoms with Crippen molar-refractivity contribution in [2.24, 2.45) is 5.73 Å². The molecule has 0 aliphatic rings. The third kappa shape index (κ3) is 4.16. The van der Waals surface area contributed by atoms with Gasteiger partial charge in [-0.1, -0.05) is 0 Å². The van der Waals surface area contributed by atoms with Crippen molar-refractivity contribution in [1.29, 1.82) is 0 Å². The normalized spacial score (nSPS) is 10.1. The van der Waals surface area contributed by atoms with Gasteiger partial charge in [-0.25, -0.2) is 0 Å². The molecule has 1 heterocycles. The topological polar surface area (TPSA) is 77.1 Å². The van der Waals surface area contributed by atoms with Gasteiger partial charge in [0.25, 0.3) is 5.56 Å². The van der Waals surface area contributed by atoms with Crippen molar-refractivity contribution >= 4 is 21.8 Å². The van der Waals surface area contributed by atoms with Gasteiger partial charge in [-0.2, -0.15) is 0 Å². The molecule has 0 bridgehead atoms. The molecule has 6 heteroatoms. The first-order chi connectivity index (χ1) is 7.63. The van der Waals surface area contributed by atoms with Crippen LogP contribution < -0.4 is 16.6 Å². The van der Waals surface area contributed by atoms with Crippen LogP contribution in [0, 0.1) is 0 Å². The van der Waals surface area contributed by atoms with E-state index < -0.39 is 0 Å². The summed E-state index contributed by atoms with van der Waals surface area (Å²) in [4.78, 5) is 22.8. The highest BCUT2D eigenvalue weighted by Gasteiger charge is 2.03. The fraction of sp³-hybridized carbons (Fsp3) is 0.400. The summed E-state index contributed by atoms with van der Waals surface area (Å²) in [6, 6.07) is 3.06. The first kappa shape index (κ1) is 12.9. The standard InChI is InChI=1S/C10H14BrN3O2/c11-8-2-3-10(16)14(6-8)7-9(15)13-5-1-4-12/h2-3,6H,1,4-5,7,12H2,(H,13,15). The van der Waals surface area contributed by atoms with E-state index in [1.165, 1.54) is 10.6 Å². The van der Waals surface area contributed by atoms with Crippen LogP contribution in [0.2, 0.25) is 0 Å². The smallest absolute Gasteiger partial charge is 0.251 e. The molecule has 0 saturated carbocycles. The average molecular weight is 288 g/mol. The molecule has 0 aromatic carbocycles. The van der Waals surface area contributed by atoms with Crippen molar-refractivity contribution in [3.05, 3.63) is 33.2 Å². The third-order valence-electron chi connectivity index (χ3n) is 1.96. The Morgan fingerprint density at radius 2 is 2.25 bits per heavy atom. The van der Waals surface area contributed by atoms with Crippen LogP contribution in [0.5, 0.6) is 0 Å². The molecule has 16 heavy (non-hydrogen) atoms. The maximum absolute atomic E-state index is 11.4. The minimum atomic E-state index is -0.197. The lowest BCUT2D eigenvalue weighted by atomic mass is 10.4. The first-order valence-corrected chi connectivity index (χ1v) is 5.75. The zero-order valence-electron chi connectivity index (χ0n) is 8.78. The molecule has 5 nitrogen and oxygen atoms in total. The zero-order chi connectivity index (χ0) is 12.0. The number of hydrogen-bond donors (Lipinski definition) is 2. The van der Waals surface area contributed by atoms with E-state index >= 15 is 0 Å². The molecule has 1 amide bonds. The fourth-order valence-electron chi connectivity index (χ4n) is 1.17. The minimum Gasteiger partial charge on any atom is -0.355 e. The van der Waals surface area contributed by atoms with Gasteiger partial charge < -0.3 is 15.6 Å². The SMILES string of the molecule is NCCCNC(=O)Cn1cc(Br)ccc1=O. The van der Waals surface area contributed by atoms with E-state index in [1.807, 2.05) is 0 Å². The van der Waals surface area contributed by atoms with Crippen molar-refractivity contribution in [2.75, 3.05) is 13.1 Å². The minimum absolute atomic E-state index is 0.0306. The molecule has 1 rings (SSSR count). The summed E-state index contributed by atoms with van der Waals surface area (Å²) in [6.07, 6.45) is 2.32. The number of halogens is 1. The number of amides is 1. The summed E-state index contributed by atoms with van der Waals surface area (Å²) in [6.45, 7) is 1.11. The van der Waals surface area contributed by atoms with Crippen molar-refractivity contribution in [3.63, 3.8) is 0 Å². The summed E-state index contributed by atoms with van der Waals surface area (Å²) in [5.74, 6) is -0.186. The van der Waals surface area contributed by atoms with Gasteiger partial charge in [-0.05, 0) is 35.0 Å². The summed E-state index contributed by atoms with van der Waals surface area (Å²) < 4.78 is 2.11. The molecule has 0 aliphatic carbocycles. The maximum atomic E-state index is 11.4. The number of rotatable bonds is 5. The lowest BCUT2D eigenvalue weighted by Crippen LogP contribution is -2.32. The van der Waals surface area contributed by atoms with E-state index in [9.17, 15) is 9.59 Å². The predicted molar refractivity (Wildman–Crippen MR) is 65.1 cm³/mol.